The summed E-state index contributed by atoms with van der Waals surface area (Å²) in [5.41, 5.74) is 1.39. The van der Waals surface area contributed by atoms with Gasteiger partial charge in [-0.25, -0.2) is 12.7 Å². The van der Waals surface area contributed by atoms with Gasteiger partial charge >= 0.3 is 0 Å². The van der Waals surface area contributed by atoms with Crippen LogP contribution in [0, 0.1) is 5.92 Å². The van der Waals surface area contributed by atoms with Crippen LogP contribution in [0.15, 0.2) is 30.3 Å². The third-order valence-corrected chi connectivity index (χ3v) is 7.86. The van der Waals surface area contributed by atoms with Crippen molar-refractivity contribution < 1.29 is 22.7 Å². The standard InChI is InChI=1S/C24H30Cl2N2O5S/c1-15(2)18-14-17(5-8-21(18)32-3)33-24-19(25)6-7-20(23(24)26)27-22(29)13-16-9-11-28(12-10-16)34(4,30)31/h5-8,14-16H,9-13H2,1-4H3,(H,27,29). The van der Waals surface area contributed by atoms with E-state index >= 15 is 0 Å². The monoisotopic (exact) mass is 528 g/mol. The molecule has 1 saturated heterocycles. The average molecular weight is 529 g/mol. The van der Waals surface area contributed by atoms with Gasteiger partial charge in [-0.15, -0.1) is 0 Å². The van der Waals surface area contributed by atoms with E-state index < -0.39 is 10.0 Å². The first-order valence-electron chi connectivity index (χ1n) is 11.1. The highest BCUT2D eigenvalue weighted by molar-refractivity contribution is 7.88. The number of anilines is 1. The van der Waals surface area contributed by atoms with E-state index in [-0.39, 0.29) is 34.9 Å². The summed E-state index contributed by atoms with van der Waals surface area (Å²) in [6.07, 6.45) is 2.76. The molecule has 2 aromatic rings. The lowest BCUT2D eigenvalue weighted by Gasteiger charge is -2.29. The van der Waals surface area contributed by atoms with Crippen LogP contribution in [-0.2, 0) is 14.8 Å². The second-order valence-corrected chi connectivity index (χ2v) is 11.5. The fraction of sp³-hybridized carbons (Fsp3) is 0.458. The van der Waals surface area contributed by atoms with Crippen molar-refractivity contribution in [3.8, 4) is 17.2 Å². The van der Waals surface area contributed by atoms with Gasteiger partial charge < -0.3 is 14.8 Å². The van der Waals surface area contributed by atoms with E-state index in [9.17, 15) is 13.2 Å². The Kier molecular flexibility index (Phi) is 8.73. The predicted molar refractivity (Wildman–Crippen MR) is 136 cm³/mol. The summed E-state index contributed by atoms with van der Waals surface area (Å²) in [5.74, 6) is 1.70. The van der Waals surface area contributed by atoms with Crippen molar-refractivity contribution >= 4 is 44.8 Å². The van der Waals surface area contributed by atoms with Gasteiger partial charge in [0.05, 0.1) is 24.1 Å². The minimum atomic E-state index is -3.20. The fourth-order valence-corrected chi connectivity index (χ4v) is 5.35. The van der Waals surface area contributed by atoms with E-state index in [0.29, 0.717) is 42.4 Å². The summed E-state index contributed by atoms with van der Waals surface area (Å²) in [6.45, 7) is 4.97. The number of hydrogen-bond donors (Lipinski definition) is 1. The van der Waals surface area contributed by atoms with Gasteiger partial charge in [0.2, 0.25) is 15.9 Å². The third-order valence-electron chi connectivity index (χ3n) is 5.88. The number of hydrogen-bond acceptors (Lipinski definition) is 5. The average Bonchev–Trinajstić information content (AvgIpc) is 2.78. The maximum atomic E-state index is 12.7. The number of rotatable bonds is 8. The molecule has 1 aliphatic heterocycles. The topological polar surface area (TPSA) is 84.9 Å². The van der Waals surface area contributed by atoms with Crippen LogP contribution in [0.25, 0.3) is 0 Å². The molecule has 0 saturated carbocycles. The van der Waals surface area contributed by atoms with Gasteiger partial charge in [0, 0.05) is 25.1 Å². The van der Waals surface area contributed by atoms with Crippen molar-refractivity contribution in [1.29, 1.82) is 0 Å². The molecular weight excluding hydrogens is 499 g/mol. The molecular formula is C24H30Cl2N2O5S. The Labute approximate surface area is 211 Å². The van der Waals surface area contributed by atoms with Gasteiger partial charge in [-0.1, -0.05) is 37.0 Å². The van der Waals surface area contributed by atoms with Gasteiger partial charge in [0.1, 0.15) is 16.5 Å². The minimum absolute atomic E-state index is 0.105. The summed E-state index contributed by atoms with van der Waals surface area (Å²) >= 11 is 12.9. The lowest BCUT2D eigenvalue weighted by Crippen LogP contribution is -2.38. The van der Waals surface area contributed by atoms with Crippen LogP contribution in [0.2, 0.25) is 10.0 Å². The zero-order valence-electron chi connectivity index (χ0n) is 19.7. The van der Waals surface area contributed by atoms with E-state index in [4.69, 9.17) is 32.7 Å². The number of carbonyl (C=O) groups is 1. The fourth-order valence-electron chi connectivity index (χ4n) is 3.98. The van der Waals surface area contributed by atoms with Gasteiger partial charge in [-0.2, -0.15) is 0 Å². The van der Waals surface area contributed by atoms with E-state index in [1.54, 1.807) is 25.3 Å². The number of sulfonamides is 1. The molecule has 7 nitrogen and oxygen atoms in total. The predicted octanol–water partition coefficient (Wildman–Crippen LogP) is 5.92. The highest BCUT2D eigenvalue weighted by atomic mass is 35.5. The Morgan fingerprint density at radius 1 is 1.18 bits per heavy atom. The lowest BCUT2D eigenvalue weighted by atomic mass is 9.94. The second-order valence-electron chi connectivity index (χ2n) is 8.76. The Balaban J connectivity index is 1.70. The number of nitrogens with one attached hydrogen (secondary N) is 1. The SMILES string of the molecule is COc1ccc(Oc2c(Cl)ccc(NC(=O)CC3CCN(S(C)(=O)=O)CC3)c2Cl)cc1C(C)C. The molecule has 1 amide bonds. The molecule has 0 spiro atoms. The number of piperidine rings is 1. The van der Waals surface area contributed by atoms with Crippen molar-refractivity contribution in [1.82, 2.24) is 4.31 Å². The summed E-state index contributed by atoms with van der Waals surface area (Å²) in [5, 5.41) is 3.36. The Hall–Kier alpha value is -2.00. The molecule has 186 valence electrons. The van der Waals surface area contributed by atoms with Crippen LogP contribution in [0.3, 0.4) is 0 Å². The molecule has 1 heterocycles. The normalized spacial score (nSPS) is 15.4. The number of carbonyl (C=O) groups excluding carboxylic acids is 1. The van der Waals surface area contributed by atoms with E-state index in [1.807, 2.05) is 12.1 Å². The van der Waals surface area contributed by atoms with Gasteiger partial charge in [-0.05, 0) is 55.0 Å². The molecule has 1 fully saturated rings. The number of amides is 1. The largest absolute Gasteiger partial charge is 0.496 e. The molecule has 0 aromatic heterocycles. The first-order chi connectivity index (χ1) is 16.0. The summed E-state index contributed by atoms with van der Waals surface area (Å²) in [7, 11) is -1.57. The molecule has 1 N–H and O–H groups in total. The van der Waals surface area contributed by atoms with Crippen LogP contribution in [0.5, 0.6) is 17.2 Å². The first kappa shape index (κ1) is 26.6. The van der Waals surface area contributed by atoms with Gasteiger partial charge in [0.25, 0.3) is 0 Å². The molecule has 0 unspecified atom stereocenters. The molecule has 1 aliphatic rings. The summed E-state index contributed by atoms with van der Waals surface area (Å²) < 4.78 is 36.2. The Morgan fingerprint density at radius 2 is 1.85 bits per heavy atom. The van der Waals surface area contributed by atoms with Crippen molar-refractivity contribution in [2.24, 2.45) is 5.92 Å². The molecule has 3 rings (SSSR count). The van der Waals surface area contributed by atoms with Crippen LogP contribution < -0.4 is 14.8 Å². The molecule has 2 aromatic carbocycles. The van der Waals surface area contributed by atoms with Gasteiger partial charge in [0.15, 0.2) is 5.75 Å². The highest BCUT2D eigenvalue weighted by Gasteiger charge is 2.26. The van der Waals surface area contributed by atoms with Crippen molar-refractivity contribution in [3.05, 3.63) is 45.9 Å². The second kappa shape index (κ2) is 11.2. The molecule has 0 bridgehead atoms. The molecule has 10 heteroatoms. The summed E-state index contributed by atoms with van der Waals surface area (Å²) in [6, 6.07) is 8.73. The van der Waals surface area contributed by atoms with Crippen LogP contribution in [0.4, 0.5) is 5.69 Å². The number of benzene rings is 2. The van der Waals surface area contributed by atoms with Gasteiger partial charge in [-0.3, -0.25) is 4.79 Å². The molecule has 34 heavy (non-hydrogen) atoms. The molecule has 0 atom stereocenters. The summed E-state index contributed by atoms with van der Waals surface area (Å²) in [4.78, 5) is 12.7. The zero-order valence-corrected chi connectivity index (χ0v) is 22.1. The number of ether oxygens (including phenoxy) is 2. The van der Waals surface area contributed by atoms with Crippen molar-refractivity contribution in [3.63, 3.8) is 0 Å². The van der Waals surface area contributed by atoms with Crippen LogP contribution in [-0.4, -0.2) is 45.1 Å². The van der Waals surface area contributed by atoms with Crippen LogP contribution in [0.1, 0.15) is 44.6 Å². The maximum Gasteiger partial charge on any atom is 0.224 e. The molecule has 0 aliphatic carbocycles. The van der Waals surface area contributed by atoms with E-state index in [2.05, 4.69) is 19.2 Å². The number of halogens is 2. The number of nitrogens with zero attached hydrogens (tertiary/aromatic N) is 1. The van der Waals surface area contributed by atoms with Crippen molar-refractivity contribution in [2.45, 2.75) is 39.0 Å². The molecule has 0 radical (unpaired) electrons. The highest BCUT2D eigenvalue weighted by Crippen LogP contribution is 2.42. The minimum Gasteiger partial charge on any atom is -0.496 e. The maximum absolute atomic E-state index is 12.7. The smallest absolute Gasteiger partial charge is 0.224 e. The van der Waals surface area contributed by atoms with Crippen LogP contribution >= 0.6 is 23.2 Å². The van der Waals surface area contributed by atoms with Crippen molar-refractivity contribution in [2.75, 3.05) is 31.8 Å². The third kappa shape index (κ3) is 6.56. The Morgan fingerprint density at radius 3 is 2.44 bits per heavy atom. The zero-order chi connectivity index (χ0) is 25.0. The number of methoxy groups -OCH3 is 1. The lowest BCUT2D eigenvalue weighted by molar-refractivity contribution is -0.117. The Bertz CT molecular complexity index is 1150. The quantitative estimate of drug-likeness (QED) is 0.459. The van der Waals surface area contributed by atoms with E-state index in [0.717, 1.165) is 11.3 Å². The van der Waals surface area contributed by atoms with E-state index in [1.165, 1.54) is 10.6 Å². The first-order valence-corrected chi connectivity index (χ1v) is 13.7.